The van der Waals surface area contributed by atoms with E-state index in [1.807, 2.05) is 4.90 Å². The second-order valence-electron chi connectivity index (χ2n) is 7.65. The van der Waals surface area contributed by atoms with E-state index in [0.29, 0.717) is 31.1 Å². The summed E-state index contributed by atoms with van der Waals surface area (Å²) in [4.78, 5) is 39.6. The van der Waals surface area contributed by atoms with E-state index < -0.39 is 0 Å². The predicted octanol–water partition coefficient (Wildman–Crippen LogP) is 0.900. The van der Waals surface area contributed by atoms with Crippen molar-refractivity contribution in [3.63, 3.8) is 0 Å². The monoisotopic (exact) mass is 389 g/mol. The van der Waals surface area contributed by atoms with Crippen LogP contribution in [0.4, 0.5) is 0 Å². The summed E-state index contributed by atoms with van der Waals surface area (Å²) in [5.41, 5.74) is 0.323. The standard InChI is InChI=1S/C20H31N5O3/c1-17-2-7-24(8-3-17)19(26)4-9-25(11-10-23-12-14-28-15-13-23)20(27)18-16-21-5-6-22-18/h5-6,16-17H,2-4,7-15H2,1H3. The number of carbonyl (C=O) groups is 2. The van der Waals surface area contributed by atoms with E-state index in [0.717, 1.165) is 58.8 Å². The third kappa shape index (κ3) is 5.97. The molecule has 0 aliphatic carbocycles. The fourth-order valence-corrected chi connectivity index (χ4v) is 3.62. The molecule has 0 unspecified atom stereocenters. The highest BCUT2D eigenvalue weighted by molar-refractivity contribution is 5.92. The fourth-order valence-electron chi connectivity index (χ4n) is 3.62. The van der Waals surface area contributed by atoms with Crippen molar-refractivity contribution < 1.29 is 14.3 Å². The third-order valence-electron chi connectivity index (χ3n) is 5.59. The number of hydrogen-bond acceptors (Lipinski definition) is 6. The molecule has 1 aromatic heterocycles. The van der Waals surface area contributed by atoms with E-state index in [1.54, 1.807) is 11.1 Å². The van der Waals surface area contributed by atoms with Gasteiger partial charge in [-0.25, -0.2) is 4.98 Å². The van der Waals surface area contributed by atoms with Crippen LogP contribution in [-0.2, 0) is 9.53 Å². The Hall–Kier alpha value is -2.06. The first-order valence-corrected chi connectivity index (χ1v) is 10.3. The molecule has 154 valence electrons. The molecule has 8 heteroatoms. The van der Waals surface area contributed by atoms with Crippen molar-refractivity contribution in [2.75, 3.05) is 59.0 Å². The number of ether oxygens (including phenoxy) is 1. The van der Waals surface area contributed by atoms with Crippen molar-refractivity contribution >= 4 is 11.8 Å². The largest absolute Gasteiger partial charge is 0.379 e. The van der Waals surface area contributed by atoms with Crippen molar-refractivity contribution in [2.24, 2.45) is 5.92 Å². The normalized spacial score (nSPS) is 18.8. The van der Waals surface area contributed by atoms with Crippen LogP contribution in [0.25, 0.3) is 0 Å². The van der Waals surface area contributed by atoms with Gasteiger partial charge in [0.05, 0.1) is 19.4 Å². The molecule has 0 spiro atoms. The zero-order chi connectivity index (χ0) is 19.8. The van der Waals surface area contributed by atoms with E-state index in [1.165, 1.54) is 12.4 Å². The lowest BCUT2D eigenvalue weighted by atomic mass is 9.99. The predicted molar refractivity (Wildman–Crippen MR) is 105 cm³/mol. The first-order valence-electron chi connectivity index (χ1n) is 10.3. The summed E-state index contributed by atoms with van der Waals surface area (Å²) in [6, 6.07) is 0. The van der Waals surface area contributed by atoms with E-state index in [-0.39, 0.29) is 11.8 Å². The zero-order valence-electron chi connectivity index (χ0n) is 16.8. The number of morpholine rings is 1. The lowest BCUT2D eigenvalue weighted by molar-refractivity contribution is -0.132. The summed E-state index contributed by atoms with van der Waals surface area (Å²) in [5, 5.41) is 0. The third-order valence-corrected chi connectivity index (χ3v) is 5.59. The van der Waals surface area contributed by atoms with Gasteiger partial charge in [-0.2, -0.15) is 0 Å². The molecular formula is C20H31N5O3. The van der Waals surface area contributed by atoms with Crippen molar-refractivity contribution in [3.05, 3.63) is 24.3 Å². The van der Waals surface area contributed by atoms with Crippen LogP contribution in [0.1, 0.15) is 36.7 Å². The van der Waals surface area contributed by atoms with Crippen molar-refractivity contribution in [2.45, 2.75) is 26.2 Å². The van der Waals surface area contributed by atoms with Crippen LogP contribution >= 0.6 is 0 Å². The van der Waals surface area contributed by atoms with Crippen LogP contribution in [0.2, 0.25) is 0 Å². The Bertz CT molecular complexity index is 628. The molecule has 28 heavy (non-hydrogen) atoms. The molecule has 2 aliphatic rings. The molecule has 0 bridgehead atoms. The molecular weight excluding hydrogens is 358 g/mol. The van der Waals surface area contributed by atoms with Gasteiger partial charge < -0.3 is 14.5 Å². The first kappa shape index (κ1) is 20.7. The second kappa shape index (κ2) is 10.5. The number of likely N-dealkylation sites (tertiary alicyclic amines) is 1. The minimum atomic E-state index is -0.165. The molecule has 0 atom stereocenters. The van der Waals surface area contributed by atoms with Gasteiger partial charge in [0.2, 0.25) is 5.91 Å². The van der Waals surface area contributed by atoms with Crippen LogP contribution in [-0.4, -0.2) is 95.5 Å². The van der Waals surface area contributed by atoms with Gasteiger partial charge in [-0.3, -0.25) is 19.5 Å². The van der Waals surface area contributed by atoms with Gasteiger partial charge in [0.15, 0.2) is 0 Å². The second-order valence-corrected chi connectivity index (χ2v) is 7.65. The number of carbonyl (C=O) groups excluding carboxylic acids is 2. The number of amides is 2. The summed E-state index contributed by atoms with van der Waals surface area (Å²) < 4.78 is 5.39. The molecule has 2 fully saturated rings. The van der Waals surface area contributed by atoms with Crippen molar-refractivity contribution in [3.8, 4) is 0 Å². The molecule has 2 amide bonds. The highest BCUT2D eigenvalue weighted by Gasteiger charge is 2.23. The summed E-state index contributed by atoms with van der Waals surface area (Å²) in [5.74, 6) is 0.656. The number of nitrogens with zero attached hydrogens (tertiary/aromatic N) is 5. The fraction of sp³-hybridized carbons (Fsp3) is 0.700. The van der Waals surface area contributed by atoms with Gasteiger partial charge in [-0.1, -0.05) is 6.92 Å². The van der Waals surface area contributed by atoms with Crippen molar-refractivity contribution in [1.29, 1.82) is 0 Å². The molecule has 0 radical (unpaired) electrons. The zero-order valence-corrected chi connectivity index (χ0v) is 16.8. The van der Waals surface area contributed by atoms with Crippen molar-refractivity contribution in [1.82, 2.24) is 24.7 Å². The van der Waals surface area contributed by atoms with Gasteiger partial charge in [0.1, 0.15) is 5.69 Å². The maximum absolute atomic E-state index is 12.9. The molecule has 2 saturated heterocycles. The average Bonchev–Trinajstić information content (AvgIpc) is 2.75. The topological polar surface area (TPSA) is 78.9 Å². The van der Waals surface area contributed by atoms with Gasteiger partial charge >= 0.3 is 0 Å². The number of aromatic nitrogens is 2. The summed E-state index contributed by atoms with van der Waals surface area (Å²) in [7, 11) is 0. The minimum absolute atomic E-state index is 0.134. The molecule has 3 rings (SSSR count). The molecule has 8 nitrogen and oxygen atoms in total. The van der Waals surface area contributed by atoms with E-state index in [2.05, 4.69) is 21.8 Å². The Kier molecular flexibility index (Phi) is 7.73. The molecule has 2 aliphatic heterocycles. The summed E-state index contributed by atoms with van der Waals surface area (Å²) >= 11 is 0. The van der Waals surface area contributed by atoms with E-state index >= 15 is 0 Å². The van der Waals surface area contributed by atoms with Gasteiger partial charge in [0, 0.05) is 64.6 Å². The quantitative estimate of drug-likeness (QED) is 0.689. The Morgan fingerprint density at radius 2 is 1.89 bits per heavy atom. The molecule has 1 aromatic rings. The van der Waals surface area contributed by atoms with Crippen LogP contribution < -0.4 is 0 Å². The molecule has 0 saturated carbocycles. The number of piperidine rings is 1. The Morgan fingerprint density at radius 3 is 2.57 bits per heavy atom. The van der Waals surface area contributed by atoms with Gasteiger partial charge in [0.25, 0.3) is 5.91 Å². The molecule has 3 heterocycles. The lowest BCUT2D eigenvalue weighted by Crippen LogP contribution is -2.45. The van der Waals surface area contributed by atoms with E-state index in [9.17, 15) is 9.59 Å². The van der Waals surface area contributed by atoms with Gasteiger partial charge in [-0.15, -0.1) is 0 Å². The highest BCUT2D eigenvalue weighted by atomic mass is 16.5. The van der Waals surface area contributed by atoms with Crippen LogP contribution in [0.5, 0.6) is 0 Å². The van der Waals surface area contributed by atoms with E-state index in [4.69, 9.17) is 4.74 Å². The summed E-state index contributed by atoms with van der Waals surface area (Å²) in [6.45, 7) is 8.83. The molecule has 0 aromatic carbocycles. The SMILES string of the molecule is CC1CCN(C(=O)CCN(CCN2CCOCC2)C(=O)c2cnccn2)CC1. The Balaban J connectivity index is 1.56. The lowest BCUT2D eigenvalue weighted by Gasteiger charge is -2.32. The maximum Gasteiger partial charge on any atom is 0.274 e. The molecule has 0 N–H and O–H groups in total. The van der Waals surface area contributed by atoms with Crippen LogP contribution in [0.3, 0.4) is 0 Å². The first-order chi connectivity index (χ1) is 13.6. The minimum Gasteiger partial charge on any atom is -0.379 e. The highest BCUT2D eigenvalue weighted by Crippen LogP contribution is 2.17. The number of rotatable bonds is 7. The Morgan fingerprint density at radius 1 is 1.14 bits per heavy atom. The Labute approximate surface area is 166 Å². The summed E-state index contributed by atoms with van der Waals surface area (Å²) in [6.07, 6.45) is 7.03. The van der Waals surface area contributed by atoms with Crippen LogP contribution in [0.15, 0.2) is 18.6 Å². The maximum atomic E-state index is 12.9. The average molecular weight is 390 g/mol. The smallest absolute Gasteiger partial charge is 0.274 e. The number of hydrogen-bond donors (Lipinski definition) is 0. The van der Waals surface area contributed by atoms with Crippen LogP contribution in [0, 0.1) is 5.92 Å². The van der Waals surface area contributed by atoms with Gasteiger partial charge in [-0.05, 0) is 18.8 Å².